The SMILES string of the molecule is C[C@@H](C(=O)Nc1cccc(Cl)c1)[C@@H](CC(=O)NCc1cccc2ccccc12)C1C=CC=C(Cl)C1. The van der Waals surface area contributed by atoms with E-state index in [0.29, 0.717) is 23.7 Å². The average molecular weight is 507 g/mol. The maximum absolute atomic E-state index is 13.1. The Morgan fingerprint density at radius 2 is 1.80 bits per heavy atom. The molecule has 3 aromatic carbocycles. The first-order chi connectivity index (χ1) is 16.9. The van der Waals surface area contributed by atoms with E-state index < -0.39 is 5.92 Å². The van der Waals surface area contributed by atoms with Crippen molar-refractivity contribution >= 4 is 51.5 Å². The Morgan fingerprint density at radius 3 is 2.60 bits per heavy atom. The summed E-state index contributed by atoms with van der Waals surface area (Å²) in [7, 11) is 0. The molecule has 180 valence electrons. The summed E-state index contributed by atoms with van der Waals surface area (Å²) >= 11 is 12.4. The van der Waals surface area contributed by atoms with Gasteiger partial charge >= 0.3 is 0 Å². The van der Waals surface area contributed by atoms with Crippen molar-refractivity contribution in [3.05, 3.63) is 101 Å². The second-order valence-corrected chi connectivity index (χ2v) is 9.86. The van der Waals surface area contributed by atoms with Crippen molar-refractivity contribution in [3.63, 3.8) is 0 Å². The number of allylic oxidation sites excluding steroid dienone is 4. The van der Waals surface area contributed by atoms with Gasteiger partial charge in [0, 0.05) is 34.6 Å². The number of amides is 2. The number of carbonyl (C=O) groups is 2. The Labute approximate surface area is 216 Å². The number of hydrogen-bond acceptors (Lipinski definition) is 2. The van der Waals surface area contributed by atoms with Gasteiger partial charge in [0.2, 0.25) is 11.8 Å². The molecule has 3 aromatic rings. The molecule has 0 saturated carbocycles. The van der Waals surface area contributed by atoms with Crippen LogP contribution in [0, 0.1) is 17.8 Å². The molecule has 4 nitrogen and oxygen atoms in total. The van der Waals surface area contributed by atoms with Crippen LogP contribution in [0.5, 0.6) is 0 Å². The minimum Gasteiger partial charge on any atom is -0.352 e. The van der Waals surface area contributed by atoms with E-state index in [4.69, 9.17) is 23.2 Å². The smallest absolute Gasteiger partial charge is 0.227 e. The van der Waals surface area contributed by atoms with Gasteiger partial charge < -0.3 is 10.6 Å². The molecule has 0 aromatic heterocycles. The molecule has 0 radical (unpaired) electrons. The number of rotatable bonds is 8. The molecule has 0 aliphatic heterocycles. The lowest BCUT2D eigenvalue weighted by atomic mass is 9.76. The standard InChI is InChI=1S/C29H28Cl2N2O2/c1-19(29(35)33-25-13-6-12-24(31)16-25)27(21-9-5-11-23(30)15-21)17-28(34)32-18-22-10-4-8-20-7-2-3-14-26(20)22/h2-14,16,19,21,27H,15,17-18H2,1H3,(H,32,34)(H,33,35)/t19-,21?,27-/m1/s1. The quantitative estimate of drug-likeness (QED) is 0.342. The van der Waals surface area contributed by atoms with Gasteiger partial charge in [-0.3, -0.25) is 9.59 Å². The van der Waals surface area contributed by atoms with Gasteiger partial charge in [-0.05, 0) is 58.9 Å². The molecular weight excluding hydrogens is 479 g/mol. The third-order valence-corrected chi connectivity index (χ3v) is 7.06. The van der Waals surface area contributed by atoms with Gasteiger partial charge in [-0.15, -0.1) is 0 Å². The van der Waals surface area contributed by atoms with Crippen molar-refractivity contribution in [2.24, 2.45) is 17.8 Å². The summed E-state index contributed by atoms with van der Waals surface area (Å²) in [6, 6.07) is 21.2. The van der Waals surface area contributed by atoms with Crippen molar-refractivity contribution in [2.75, 3.05) is 5.32 Å². The number of halogens is 2. The van der Waals surface area contributed by atoms with E-state index >= 15 is 0 Å². The Hall–Kier alpha value is -3.08. The van der Waals surface area contributed by atoms with Crippen LogP contribution >= 0.6 is 23.2 Å². The number of anilines is 1. The molecule has 35 heavy (non-hydrogen) atoms. The Bertz CT molecular complexity index is 1280. The Morgan fingerprint density at radius 1 is 1.03 bits per heavy atom. The molecule has 1 aliphatic carbocycles. The molecule has 0 spiro atoms. The molecule has 2 N–H and O–H groups in total. The summed E-state index contributed by atoms with van der Waals surface area (Å²) in [6.07, 6.45) is 6.62. The third kappa shape index (κ3) is 6.53. The monoisotopic (exact) mass is 506 g/mol. The zero-order valence-corrected chi connectivity index (χ0v) is 21.0. The van der Waals surface area contributed by atoms with Crippen LogP contribution in [-0.4, -0.2) is 11.8 Å². The summed E-state index contributed by atoms with van der Waals surface area (Å²) in [4.78, 5) is 26.2. The maximum atomic E-state index is 13.1. The first-order valence-electron chi connectivity index (χ1n) is 11.7. The highest BCUT2D eigenvalue weighted by molar-refractivity contribution is 6.31. The lowest BCUT2D eigenvalue weighted by Gasteiger charge is -2.30. The van der Waals surface area contributed by atoms with E-state index in [1.807, 2.05) is 49.4 Å². The van der Waals surface area contributed by atoms with Crippen molar-refractivity contribution < 1.29 is 9.59 Å². The van der Waals surface area contributed by atoms with Gasteiger partial charge in [0.05, 0.1) is 0 Å². The normalized spacial score (nSPS) is 16.9. The van der Waals surface area contributed by atoms with Crippen molar-refractivity contribution in [3.8, 4) is 0 Å². The number of benzene rings is 3. The first kappa shape index (κ1) is 25.0. The van der Waals surface area contributed by atoms with Crippen LogP contribution < -0.4 is 10.6 Å². The average Bonchev–Trinajstić information content (AvgIpc) is 2.85. The maximum Gasteiger partial charge on any atom is 0.227 e. The molecule has 0 fully saturated rings. The largest absolute Gasteiger partial charge is 0.352 e. The van der Waals surface area contributed by atoms with Gasteiger partial charge in [-0.2, -0.15) is 0 Å². The summed E-state index contributed by atoms with van der Waals surface area (Å²) in [5, 5.41) is 9.53. The molecule has 6 heteroatoms. The van der Waals surface area contributed by atoms with Crippen LogP contribution in [0.3, 0.4) is 0 Å². The molecular formula is C29H28Cl2N2O2. The van der Waals surface area contributed by atoms with Gasteiger partial charge in [0.15, 0.2) is 0 Å². The summed E-state index contributed by atoms with van der Waals surface area (Å²) < 4.78 is 0. The molecule has 2 amide bonds. The van der Waals surface area contributed by atoms with Gasteiger partial charge in [-0.25, -0.2) is 0 Å². The van der Waals surface area contributed by atoms with Gasteiger partial charge in [-0.1, -0.05) is 90.8 Å². The van der Waals surface area contributed by atoms with E-state index in [9.17, 15) is 9.59 Å². The fourth-order valence-corrected chi connectivity index (χ4v) is 5.04. The highest BCUT2D eigenvalue weighted by Crippen LogP contribution is 2.35. The van der Waals surface area contributed by atoms with E-state index in [2.05, 4.69) is 28.8 Å². The minimum atomic E-state index is -0.422. The van der Waals surface area contributed by atoms with Gasteiger partial charge in [0.25, 0.3) is 0 Å². The van der Waals surface area contributed by atoms with E-state index in [1.165, 1.54) is 0 Å². The number of carbonyl (C=O) groups excluding carboxylic acids is 2. The number of hydrogen-bond donors (Lipinski definition) is 2. The Balaban J connectivity index is 1.46. The van der Waals surface area contributed by atoms with Crippen LogP contribution in [0.1, 0.15) is 25.3 Å². The van der Waals surface area contributed by atoms with Crippen molar-refractivity contribution in [1.29, 1.82) is 0 Å². The number of nitrogens with one attached hydrogen (secondary N) is 2. The van der Waals surface area contributed by atoms with Crippen LogP contribution in [0.4, 0.5) is 5.69 Å². The van der Waals surface area contributed by atoms with E-state index in [1.54, 1.807) is 24.3 Å². The van der Waals surface area contributed by atoms with Crippen LogP contribution in [0.2, 0.25) is 5.02 Å². The topological polar surface area (TPSA) is 58.2 Å². The first-order valence-corrected chi connectivity index (χ1v) is 12.5. The molecule has 1 aliphatic rings. The highest BCUT2D eigenvalue weighted by Gasteiger charge is 2.33. The zero-order chi connectivity index (χ0) is 24.8. The molecule has 4 rings (SSSR count). The molecule has 0 bridgehead atoms. The fourth-order valence-electron chi connectivity index (χ4n) is 4.60. The van der Waals surface area contributed by atoms with Crippen LogP contribution in [0.25, 0.3) is 10.8 Å². The fraction of sp³-hybridized carbons (Fsp3) is 0.241. The van der Waals surface area contributed by atoms with E-state index in [0.717, 1.165) is 21.4 Å². The van der Waals surface area contributed by atoms with Gasteiger partial charge in [0.1, 0.15) is 0 Å². The highest BCUT2D eigenvalue weighted by atomic mass is 35.5. The predicted molar refractivity (Wildman–Crippen MR) is 144 cm³/mol. The second-order valence-electron chi connectivity index (χ2n) is 8.94. The van der Waals surface area contributed by atoms with Crippen LogP contribution in [0.15, 0.2) is 90.0 Å². The van der Waals surface area contributed by atoms with Crippen molar-refractivity contribution in [2.45, 2.75) is 26.3 Å². The third-order valence-electron chi connectivity index (χ3n) is 6.54. The van der Waals surface area contributed by atoms with Crippen LogP contribution in [-0.2, 0) is 16.1 Å². The van der Waals surface area contributed by atoms with Crippen molar-refractivity contribution in [1.82, 2.24) is 5.32 Å². The summed E-state index contributed by atoms with van der Waals surface area (Å²) in [6.45, 7) is 2.29. The summed E-state index contributed by atoms with van der Waals surface area (Å²) in [5.74, 6) is -0.909. The number of fused-ring (bicyclic) bond motifs is 1. The molecule has 1 unspecified atom stereocenters. The lowest BCUT2D eigenvalue weighted by molar-refractivity contribution is -0.125. The molecule has 0 heterocycles. The predicted octanol–water partition coefficient (Wildman–Crippen LogP) is 7.09. The zero-order valence-electron chi connectivity index (χ0n) is 19.5. The lowest BCUT2D eigenvalue weighted by Crippen LogP contribution is -2.36. The summed E-state index contributed by atoms with van der Waals surface area (Å²) in [5.41, 5.74) is 1.69. The minimum absolute atomic E-state index is 0.0177. The molecule has 3 atom stereocenters. The van der Waals surface area contributed by atoms with E-state index in [-0.39, 0.29) is 30.1 Å². The second kappa shape index (κ2) is 11.6. The Kier molecular flexibility index (Phi) is 8.27. The molecule has 0 saturated heterocycles.